The van der Waals surface area contributed by atoms with Crippen LogP contribution in [0, 0.1) is 0 Å². The molecule has 0 radical (unpaired) electrons. The van der Waals surface area contributed by atoms with Crippen LogP contribution in [0.1, 0.15) is 17.0 Å². The second-order valence-electron chi connectivity index (χ2n) is 7.65. The summed E-state index contributed by atoms with van der Waals surface area (Å²) >= 11 is 0. The number of para-hydroxylation sites is 2. The maximum atomic E-state index is 5.33. The number of ether oxygens (including phenoxy) is 1. The van der Waals surface area contributed by atoms with E-state index in [2.05, 4.69) is 51.6 Å². The molecule has 1 N–H and O–H groups in total. The Balaban J connectivity index is 1.51. The Bertz CT molecular complexity index is 1150. The molecule has 0 amide bonds. The Hall–Kier alpha value is -3.86. The van der Waals surface area contributed by atoms with Crippen molar-refractivity contribution in [2.24, 2.45) is 0 Å². The highest BCUT2D eigenvalue weighted by atomic mass is 16.5. The van der Waals surface area contributed by atoms with Crippen molar-refractivity contribution in [2.45, 2.75) is 12.3 Å². The van der Waals surface area contributed by atoms with Gasteiger partial charge in [-0.2, -0.15) is 4.98 Å². The van der Waals surface area contributed by atoms with Crippen molar-refractivity contribution in [1.29, 1.82) is 0 Å². The van der Waals surface area contributed by atoms with Crippen molar-refractivity contribution >= 4 is 23.1 Å². The zero-order valence-corrected chi connectivity index (χ0v) is 17.4. The minimum Gasteiger partial charge on any atom is -0.497 e. The van der Waals surface area contributed by atoms with Gasteiger partial charge in [-0.3, -0.25) is 0 Å². The molecule has 5 nitrogen and oxygen atoms in total. The van der Waals surface area contributed by atoms with Gasteiger partial charge in [0.15, 0.2) is 0 Å². The summed E-state index contributed by atoms with van der Waals surface area (Å²) in [6.07, 6.45) is 2.86. The number of benzene rings is 3. The van der Waals surface area contributed by atoms with Crippen LogP contribution < -0.4 is 15.0 Å². The first-order valence-corrected chi connectivity index (χ1v) is 10.4. The van der Waals surface area contributed by atoms with Crippen LogP contribution in [0.3, 0.4) is 0 Å². The number of anilines is 4. The zero-order chi connectivity index (χ0) is 21.0. The smallest absolute Gasteiger partial charge is 0.229 e. The van der Waals surface area contributed by atoms with Crippen molar-refractivity contribution in [1.82, 2.24) is 9.97 Å². The Morgan fingerprint density at radius 1 is 0.903 bits per heavy atom. The van der Waals surface area contributed by atoms with E-state index in [1.165, 1.54) is 5.56 Å². The molecule has 0 fully saturated rings. The van der Waals surface area contributed by atoms with Crippen LogP contribution in [0.2, 0.25) is 0 Å². The minimum absolute atomic E-state index is 0.343. The first kappa shape index (κ1) is 19.1. The highest BCUT2D eigenvalue weighted by Gasteiger charge is 2.28. The Morgan fingerprint density at radius 2 is 1.61 bits per heavy atom. The number of nitrogens with zero attached hydrogens (tertiary/aromatic N) is 3. The molecule has 1 unspecified atom stereocenters. The van der Waals surface area contributed by atoms with Gasteiger partial charge in [-0.05, 0) is 48.4 Å². The molecule has 2 heterocycles. The summed E-state index contributed by atoms with van der Waals surface area (Å²) in [5.41, 5.74) is 4.54. The lowest BCUT2D eigenvalue weighted by atomic mass is 9.88. The van der Waals surface area contributed by atoms with Gasteiger partial charge < -0.3 is 15.0 Å². The Morgan fingerprint density at radius 3 is 2.32 bits per heavy atom. The topological polar surface area (TPSA) is 50.3 Å². The van der Waals surface area contributed by atoms with Crippen molar-refractivity contribution in [3.8, 4) is 5.75 Å². The van der Waals surface area contributed by atoms with Crippen molar-refractivity contribution in [2.75, 3.05) is 23.9 Å². The molecule has 4 aromatic rings. The summed E-state index contributed by atoms with van der Waals surface area (Å²) in [4.78, 5) is 11.8. The lowest BCUT2D eigenvalue weighted by Crippen LogP contribution is -2.32. The molecular formula is C26H24N4O. The average Bonchev–Trinajstić information content (AvgIpc) is 2.84. The summed E-state index contributed by atoms with van der Waals surface area (Å²) in [7, 11) is 1.70. The van der Waals surface area contributed by atoms with E-state index in [1.807, 2.05) is 54.7 Å². The van der Waals surface area contributed by atoms with Gasteiger partial charge in [0.2, 0.25) is 5.95 Å². The van der Waals surface area contributed by atoms with E-state index in [1.54, 1.807) is 7.11 Å². The van der Waals surface area contributed by atoms with Crippen molar-refractivity contribution in [3.05, 3.63) is 102 Å². The molecule has 5 rings (SSSR count). The van der Waals surface area contributed by atoms with Gasteiger partial charge in [0.05, 0.1) is 7.11 Å². The highest BCUT2D eigenvalue weighted by molar-refractivity contribution is 5.67. The molecule has 0 aliphatic carbocycles. The fraction of sp³-hybridized carbons (Fsp3) is 0.154. The molecule has 1 aliphatic heterocycles. The lowest BCUT2D eigenvalue weighted by Gasteiger charge is -2.35. The zero-order valence-electron chi connectivity index (χ0n) is 17.4. The van der Waals surface area contributed by atoms with Crippen LogP contribution in [0.4, 0.5) is 23.1 Å². The maximum Gasteiger partial charge on any atom is 0.229 e. The molecular weight excluding hydrogens is 384 g/mol. The minimum atomic E-state index is 0.343. The van der Waals surface area contributed by atoms with Gasteiger partial charge >= 0.3 is 0 Å². The third-order valence-corrected chi connectivity index (χ3v) is 5.65. The van der Waals surface area contributed by atoms with E-state index in [9.17, 15) is 0 Å². The number of rotatable bonds is 5. The fourth-order valence-corrected chi connectivity index (χ4v) is 4.06. The molecule has 3 aromatic carbocycles. The summed E-state index contributed by atoms with van der Waals surface area (Å²) in [6.45, 7) is 0.852. The van der Waals surface area contributed by atoms with Crippen LogP contribution >= 0.6 is 0 Å². The predicted molar refractivity (Wildman–Crippen MR) is 125 cm³/mol. The molecule has 31 heavy (non-hydrogen) atoms. The Kier molecular flexibility index (Phi) is 5.23. The van der Waals surface area contributed by atoms with Gasteiger partial charge in [0.1, 0.15) is 11.6 Å². The second-order valence-corrected chi connectivity index (χ2v) is 7.65. The number of nitrogens with one attached hydrogen (secondary N) is 1. The van der Waals surface area contributed by atoms with Gasteiger partial charge in [-0.1, -0.05) is 48.5 Å². The van der Waals surface area contributed by atoms with Crippen molar-refractivity contribution in [3.63, 3.8) is 0 Å². The van der Waals surface area contributed by atoms with Crippen LogP contribution in [-0.4, -0.2) is 23.6 Å². The number of hydrogen-bond donors (Lipinski definition) is 1. The van der Waals surface area contributed by atoms with Crippen LogP contribution in [0.15, 0.2) is 91.1 Å². The molecule has 0 saturated carbocycles. The molecule has 5 heteroatoms. The molecule has 0 saturated heterocycles. The maximum absolute atomic E-state index is 5.33. The third kappa shape index (κ3) is 4.08. The average molecular weight is 409 g/mol. The molecule has 0 spiro atoms. The van der Waals surface area contributed by atoms with Gasteiger partial charge in [-0.25, -0.2) is 4.98 Å². The van der Waals surface area contributed by atoms with E-state index in [0.29, 0.717) is 11.9 Å². The molecule has 1 atom stereocenters. The number of hydrogen-bond acceptors (Lipinski definition) is 5. The first-order valence-electron chi connectivity index (χ1n) is 10.4. The number of fused-ring (bicyclic) bond motifs is 1. The second kappa shape index (κ2) is 8.48. The molecule has 0 bridgehead atoms. The van der Waals surface area contributed by atoms with Gasteiger partial charge in [-0.15, -0.1) is 0 Å². The summed E-state index contributed by atoms with van der Waals surface area (Å²) in [5.74, 6) is 2.79. The van der Waals surface area contributed by atoms with Gasteiger partial charge in [0.25, 0.3) is 0 Å². The quantitative estimate of drug-likeness (QED) is 0.459. The standard InChI is InChI=1S/C26H24N4O/c1-31-24-14-12-19(13-15-24)21-16-20-17-27-26(28-22-8-4-2-5-9-22)29-25(20)30(18-21)23-10-6-3-7-11-23/h2-15,17,21H,16,18H2,1H3,(H,27,28,29). The van der Waals surface area contributed by atoms with E-state index in [4.69, 9.17) is 9.72 Å². The predicted octanol–water partition coefficient (Wildman–Crippen LogP) is 5.71. The monoisotopic (exact) mass is 408 g/mol. The molecule has 154 valence electrons. The Labute approximate surface area is 182 Å². The first-order chi connectivity index (χ1) is 15.3. The van der Waals surface area contributed by atoms with E-state index in [0.717, 1.165) is 41.5 Å². The van der Waals surface area contributed by atoms with Crippen LogP contribution in [0.5, 0.6) is 5.75 Å². The largest absolute Gasteiger partial charge is 0.497 e. The van der Waals surface area contributed by atoms with Crippen molar-refractivity contribution < 1.29 is 4.74 Å². The number of methoxy groups -OCH3 is 1. The van der Waals surface area contributed by atoms with Gasteiger partial charge in [0, 0.05) is 35.6 Å². The summed E-state index contributed by atoms with van der Waals surface area (Å²) < 4.78 is 5.33. The van der Waals surface area contributed by atoms with Crippen LogP contribution in [0.25, 0.3) is 0 Å². The summed E-state index contributed by atoms with van der Waals surface area (Å²) in [5, 5.41) is 3.32. The number of aromatic nitrogens is 2. The fourth-order valence-electron chi connectivity index (χ4n) is 4.06. The summed E-state index contributed by atoms with van der Waals surface area (Å²) in [6, 6.07) is 28.8. The van der Waals surface area contributed by atoms with E-state index in [-0.39, 0.29) is 0 Å². The lowest BCUT2D eigenvalue weighted by molar-refractivity contribution is 0.414. The van der Waals surface area contributed by atoms with E-state index >= 15 is 0 Å². The highest BCUT2D eigenvalue weighted by Crippen LogP contribution is 2.38. The normalized spacial score (nSPS) is 15.3. The van der Waals surface area contributed by atoms with E-state index < -0.39 is 0 Å². The van der Waals surface area contributed by atoms with Crippen LogP contribution in [-0.2, 0) is 6.42 Å². The molecule has 1 aliphatic rings. The SMILES string of the molecule is COc1ccc(C2Cc3cnc(Nc4ccccc4)nc3N(c3ccccc3)C2)cc1. The third-order valence-electron chi connectivity index (χ3n) is 5.65. The molecule has 1 aromatic heterocycles.